The molecule has 1 aromatic rings. The van der Waals surface area contributed by atoms with Crippen LogP contribution in [0.1, 0.15) is 51.2 Å². The van der Waals surface area contributed by atoms with E-state index in [0.29, 0.717) is 16.9 Å². The number of pyridine rings is 1. The van der Waals surface area contributed by atoms with Gasteiger partial charge in [-0.1, -0.05) is 20.8 Å². The molecule has 3 unspecified atom stereocenters. The van der Waals surface area contributed by atoms with Crippen molar-refractivity contribution in [1.82, 2.24) is 10.3 Å². The molecule has 3 rings (SSSR count). The molecule has 0 amide bonds. The molecule has 1 heterocycles. The van der Waals surface area contributed by atoms with Crippen LogP contribution in [-0.2, 0) is 6.54 Å². The third kappa shape index (κ3) is 2.01. The molecule has 0 spiro atoms. The summed E-state index contributed by atoms with van der Waals surface area (Å²) in [6.07, 6.45) is 8.10. The van der Waals surface area contributed by atoms with Gasteiger partial charge in [-0.15, -0.1) is 0 Å². The zero-order valence-electron chi connectivity index (χ0n) is 12.7. The molecule has 0 aromatic carbocycles. The molecule has 2 bridgehead atoms. The lowest BCUT2D eigenvalue weighted by Gasteiger charge is -2.43. The molecule has 1 N–H and O–H groups in total. The summed E-state index contributed by atoms with van der Waals surface area (Å²) >= 11 is 0. The van der Waals surface area contributed by atoms with Crippen molar-refractivity contribution in [3.8, 4) is 0 Å². The first-order chi connectivity index (χ1) is 8.93. The van der Waals surface area contributed by atoms with Gasteiger partial charge in [-0.05, 0) is 60.1 Å². The first-order valence-electron chi connectivity index (χ1n) is 7.56. The minimum Gasteiger partial charge on any atom is -0.309 e. The highest BCUT2D eigenvalue weighted by atomic mass is 15.0. The highest BCUT2D eigenvalue weighted by Gasteiger charge is 2.58. The molecule has 3 atom stereocenters. The minimum absolute atomic E-state index is 0.438. The summed E-state index contributed by atoms with van der Waals surface area (Å²) in [6.45, 7) is 10.5. The SMILES string of the molecule is Cc1cnccc1CNC1C2(C)CCC(C2)C1(C)C. The normalized spacial score (nSPS) is 35.8. The molecule has 2 aliphatic rings. The Balaban J connectivity index is 1.75. The molecular formula is C17H26N2. The van der Waals surface area contributed by atoms with Crippen molar-refractivity contribution in [3.05, 3.63) is 29.6 Å². The quantitative estimate of drug-likeness (QED) is 0.894. The maximum Gasteiger partial charge on any atom is 0.0300 e. The second-order valence-corrected chi connectivity index (χ2v) is 7.53. The van der Waals surface area contributed by atoms with E-state index in [4.69, 9.17) is 0 Å². The second-order valence-electron chi connectivity index (χ2n) is 7.53. The van der Waals surface area contributed by atoms with Gasteiger partial charge < -0.3 is 5.32 Å². The third-order valence-corrected chi connectivity index (χ3v) is 5.90. The average Bonchev–Trinajstić information content (AvgIpc) is 2.82. The van der Waals surface area contributed by atoms with Crippen LogP contribution in [0.4, 0.5) is 0 Å². The van der Waals surface area contributed by atoms with Gasteiger partial charge in [-0.2, -0.15) is 0 Å². The molecule has 104 valence electrons. The molecule has 2 aliphatic carbocycles. The van der Waals surface area contributed by atoms with Crippen molar-refractivity contribution in [2.75, 3.05) is 0 Å². The van der Waals surface area contributed by atoms with Crippen molar-refractivity contribution in [2.45, 2.75) is 59.5 Å². The molecule has 2 fully saturated rings. The molecule has 2 nitrogen and oxygen atoms in total. The lowest BCUT2D eigenvalue weighted by Crippen LogP contribution is -2.50. The van der Waals surface area contributed by atoms with Crippen molar-refractivity contribution in [1.29, 1.82) is 0 Å². The summed E-state index contributed by atoms with van der Waals surface area (Å²) in [5.41, 5.74) is 3.63. The van der Waals surface area contributed by atoms with E-state index in [1.165, 1.54) is 30.4 Å². The van der Waals surface area contributed by atoms with E-state index >= 15 is 0 Å². The van der Waals surface area contributed by atoms with Crippen molar-refractivity contribution in [2.24, 2.45) is 16.7 Å². The number of hydrogen-bond acceptors (Lipinski definition) is 2. The van der Waals surface area contributed by atoms with Gasteiger partial charge in [0.2, 0.25) is 0 Å². The van der Waals surface area contributed by atoms with Crippen LogP contribution in [0.2, 0.25) is 0 Å². The first-order valence-corrected chi connectivity index (χ1v) is 7.56. The van der Waals surface area contributed by atoms with E-state index in [1.807, 2.05) is 12.4 Å². The summed E-state index contributed by atoms with van der Waals surface area (Å²) in [5.74, 6) is 0.911. The number of aryl methyl sites for hydroxylation is 1. The van der Waals surface area contributed by atoms with Crippen molar-refractivity contribution in [3.63, 3.8) is 0 Å². The van der Waals surface area contributed by atoms with Crippen LogP contribution in [0.3, 0.4) is 0 Å². The van der Waals surface area contributed by atoms with Gasteiger partial charge in [0, 0.05) is 25.0 Å². The molecule has 19 heavy (non-hydrogen) atoms. The fraction of sp³-hybridized carbons (Fsp3) is 0.706. The standard InChI is InChI=1S/C17H26N2/c1-12-10-18-8-6-13(12)11-19-15-16(2,3)14-5-7-17(15,4)9-14/h6,8,10,14-15,19H,5,7,9,11H2,1-4H3. The number of hydrogen-bond donors (Lipinski definition) is 1. The van der Waals surface area contributed by atoms with Crippen LogP contribution >= 0.6 is 0 Å². The predicted octanol–water partition coefficient (Wildman–Crippen LogP) is 3.69. The van der Waals surface area contributed by atoms with Crippen LogP contribution in [0, 0.1) is 23.7 Å². The summed E-state index contributed by atoms with van der Waals surface area (Å²) in [4.78, 5) is 4.18. The Hall–Kier alpha value is -0.890. The predicted molar refractivity (Wildman–Crippen MR) is 78.8 cm³/mol. The van der Waals surface area contributed by atoms with Gasteiger partial charge in [0.25, 0.3) is 0 Å². The topological polar surface area (TPSA) is 24.9 Å². The van der Waals surface area contributed by atoms with Crippen molar-refractivity contribution < 1.29 is 0 Å². The Morgan fingerprint density at radius 2 is 2.16 bits per heavy atom. The maximum atomic E-state index is 4.18. The highest BCUT2D eigenvalue weighted by molar-refractivity contribution is 5.22. The second kappa shape index (κ2) is 4.31. The van der Waals surface area contributed by atoms with Gasteiger partial charge in [-0.3, -0.25) is 4.98 Å². The van der Waals surface area contributed by atoms with E-state index in [9.17, 15) is 0 Å². The highest BCUT2D eigenvalue weighted by Crippen LogP contribution is 2.62. The summed E-state index contributed by atoms with van der Waals surface area (Å²) in [5, 5.41) is 3.87. The van der Waals surface area contributed by atoms with Gasteiger partial charge >= 0.3 is 0 Å². The van der Waals surface area contributed by atoms with Crippen LogP contribution in [0.5, 0.6) is 0 Å². The Bertz CT molecular complexity index is 475. The van der Waals surface area contributed by atoms with Crippen molar-refractivity contribution >= 4 is 0 Å². The van der Waals surface area contributed by atoms with E-state index in [0.717, 1.165) is 12.5 Å². The molecule has 0 aliphatic heterocycles. The van der Waals surface area contributed by atoms with E-state index in [1.54, 1.807) is 0 Å². The number of nitrogens with one attached hydrogen (secondary N) is 1. The van der Waals surface area contributed by atoms with Crippen LogP contribution in [0.15, 0.2) is 18.5 Å². The Morgan fingerprint density at radius 3 is 2.79 bits per heavy atom. The molecule has 2 heteroatoms. The summed E-state index contributed by atoms with van der Waals surface area (Å²) < 4.78 is 0. The zero-order chi connectivity index (χ0) is 13.7. The van der Waals surface area contributed by atoms with Gasteiger partial charge in [0.05, 0.1) is 0 Å². The summed E-state index contributed by atoms with van der Waals surface area (Å²) in [7, 11) is 0. The molecule has 2 saturated carbocycles. The zero-order valence-corrected chi connectivity index (χ0v) is 12.7. The molecule has 1 aromatic heterocycles. The third-order valence-electron chi connectivity index (χ3n) is 5.90. The Labute approximate surface area is 117 Å². The van der Waals surface area contributed by atoms with Crippen LogP contribution in [0.25, 0.3) is 0 Å². The van der Waals surface area contributed by atoms with E-state index in [2.05, 4.69) is 44.1 Å². The monoisotopic (exact) mass is 258 g/mol. The Morgan fingerprint density at radius 1 is 1.37 bits per heavy atom. The maximum absolute atomic E-state index is 4.18. The largest absolute Gasteiger partial charge is 0.309 e. The Kier molecular flexibility index (Phi) is 2.97. The summed E-state index contributed by atoms with van der Waals surface area (Å²) in [6, 6.07) is 2.79. The van der Waals surface area contributed by atoms with Gasteiger partial charge in [0.1, 0.15) is 0 Å². The fourth-order valence-electron chi connectivity index (χ4n) is 4.72. The van der Waals surface area contributed by atoms with Gasteiger partial charge in [0.15, 0.2) is 0 Å². The number of nitrogens with zero attached hydrogens (tertiary/aromatic N) is 1. The first kappa shape index (κ1) is 13.1. The van der Waals surface area contributed by atoms with E-state index < -0.39 is 0 Å². The minimum atomic E-state index is 0.438. The lowest BCUT2D eigenvalue weighted by molar-refractivity contribution is 0.108. The smallest absolute Gasteiger partial charge is 0.0300 e. The van der Waals surface area contributed by atoms with E-state index in [-0.39, 0.29) is 0 Å². The number of rotatable bonds is 3. The van der Waals surface area contributed by atoms with Crippen LogP contribution < -0.4 is 5.32 Å². The fourth-order valence-corrected chi connectivity index (χ4v) is 4.72. The van der Waals surface area contributed by atoms with Gasteiger partial charge in [-0.25, -0.2) is 0 Å². The number of fused-ring (bicyclic) bond motifs is 2. The molecule has 0 radical (unpaired) electrons. The lowest BCUT2D eigenvalue weighted by atomic mass is 9.68. The van der Waals surface area contributed by atoms with Crippen LogP contribution in [-0.4, -0.2) is 11.0 Å². The molecular weight excluding hydrogens is 232 g/mol. The number of aromatic nitrogens is 1. The average molecular weight is 258 g/mol. The molecule has 0 saturated heterocycles.